The maximum absolute atomic E-state index is 6.14. The van der Waals surface area contributed by atoms with Crippen molar-refractivity contribution in [2.24, 2.45) is 0 Å². The lowest BCUT2D eigenvalue weighted by Gasteiger charge is -2.33. The van der Waals surface area contributed by atoms with E-state index in [2.05, 4.69) is 16.9 Å². The number of nitrogens with zero attached hydrogens (tertiary/aromatic N) is 3. The molecule has 0 amide bonds. The summed E-state index contributed by atoms with van der Waals surface area (Å²) in [5, 5.41) is 5.05. The Morgan fingerprint density at radius 2 is 1.91 bits per heavy atom. The molecule has 2 N–H and O–H groups in total. The van der Waals surface area contributed by atoms with E-state index in [0.717, 1.165) is 30.8 Å². The van der Waals surface area contributed by atoms with Crippen LogP contribution >= 0.6 is 11.6 Å². The molecule has 1 aromatic heterocycles. The van der Waals surface area contributed by atoms with E-state index in [1.165, 1.54) is 24.1 Å². The number of benzene rings is 1. The van der Waals surface area contributed by atoms with Gasteiger partial charge in [0.05, 0.1) is 5.69 Å². The average Bonchev–Trinajstić information content (AvgIpc) is 2.95. The maximum Gasteiger partial charge on any atom is 0.234 e. The van der Waals surface area contributed by atoms with Crippen LogP contribution < -0.4 is 10.6 Å². The maximum atomic E-state index is 6.14. The number of hydrogen-bond acceptors (Lipinski definition) is 4. The monoisotopic (exact) mass is 334 g/mol. The Balaban J connectivity index is 1.76. The van der Waals surface area contributed by atoms with Crippen LogP contribution in [0.25, 0.3) is 11.3 Å². The lowest BCUT2D eigenvalue weighted by atomic mass is 10.1. The number of halogens is 1. The third-order valence-corrected chi connectivity index (χ3v) is 4.50. The van der Waals surface area contributed by atoms with Crippen LogP contribution in [0.4, 0.5) is 0 Å². The molecule has 124 valence electrons. The molecule has 1 atom stereocenters. The Kier molecular flexibility index (Phi) is 5.08. The number of aromatic nitrogens is 2. The van der Waals surface area contributed by atoms with E-state index in [9.17, 15) is 0 Å². The van der Waals surface area contributed by atoms with Crippen LogP contribution in [0.1, 0.15) is 32.6 Å². The Labute approximate surface area is 141 Å². The minimum absolute atomic E-state index is 0.0485. The molecule has 0 radical (unpaired) electrons. The number of rotatable bonds is 5. The van der Waals surface area contributed by atoms with Crippen LogP contribution in [0.15, 0.2) is 30.3 Å². The molecule has 1 aliphatic rings. The van der Waals surface area contributed by atoms with E-state index < -0.39 is 0 Å². The molecule has 1 aromatic carbocycles. The van der Waals surface area contributed by atoms with Crippen molar-refractivity contribution in [2.75, 3.05) is 18.9 Å². The van der Waals surface area contributed by atoms with Gasteiger partial charge in [-0.2, -0.15) is 0 Å². The molecule has 0 saturated carbocycles. The van der Waals surface area contributed by atoms with Crippen molar-refractivity contribution in [3.8, 4) is 17.1 Å². The third-order valence-electron chi connectivity index (χ3n) is 4.25. The highest BCUT2D eigenvalue weighted by atomic mass is 35.5. The van der Waals surface area contributed by atoms with E-state index in [0.29, 0.717) is 10.9 Å². The molecule has 23 heavy (non-hydrogen) atoms. The van der Waals surface area contributed by atoms with E-state index >= 15 is 0 Å². The Morgan fingerprint density at radius 1 is 1.22 bits per heavy atom. The standard InChI is InChI=1S/C17H23ClN4O/c1-2-16(21-10-4-3-5-11-21)23-17-12-15(20-22(17)19)13-6-8-14(18)9-7-13/h6-9,12,16H,2-5,10-11,19H2,1H3. The lowest BCUT2D eigenvalue weighted by Crippen LogP contribution is -2.42. The van der Waals surface area contributed by atoms with Crippen molar-refractivity contribution in [1.82, 2.24) is 14.8 Å². The van der Waals surface area contributed by atoms with Crippen LogP contribution in [0, 0.1) is 0 Å². The summed E-state index contributed by atoms with van der Waals surface area (Å²) in [6.07, 6.45) is 4.74. The molecule has 1 aliphatic heterocycles. The third kappa shape index (κ3) is 3.79. The van der Waals surface area contributed by atoms with E-state index in [-0.39, 0.29) is 6.23 Å². The Bertz CT molecular complexity index is 635. The summed E-state index contributed by atoms with van der Waals surface area (Å²) in [6.45, 7) is 4.30. The highest BCUT2D eigenvalue weighted by Crippen LogP contribution is 2.25. The normalized spacial score (nSPS) is 17.1. The van der Waals surface area contributed by atoms with Gasteiger partial charge in [0.1, 0.15) is 0 Å². The van der Waals surface area contributed by atoms with Gasteiger partial charge in [-0.1, -0.05) is 37.1 Å². The Morgan fingerprint density at radius 3 is 2.57 bits per heavy atom. The summed E-state index contributed by atoms with van der Waals surface area (Å²) < 4.78 is 6.14. The van der Waals surface area contributed by atoms with E-state index in [1.54, 1.807) is 0 Å². The summed E-state index contributed by atoms with van der Waals surface area (Å²) >= 11 is 5.93. The number of piperidine rings is 1. The SMILES string of the molecule is CCC(Oc1cc(-c2ccc(Cl)cc2)nn1N)N1CCCCC1. The fourth-order valence-electron chi connectivity index (χ4n) is 2.99. The zero-order valence-corrected chi connectivity index (χ0v) is 14.2. The predicted molar refractivity (Wildman–Crippen MR) is 93.0 cm³/mol. The second kappa shape index (κ2) is 7.23. The number of hydrogen-bond donors (Lipinski definition) is 1. The topological polar surface area (TPSA) is 56.3 Å². The molecule has 1 fully saturated rings. The van der Waals surface area contributed by atoms with Crippen molar-refractivity contribution in [3.05, 3.63) is 35.4 Å². The second-order valence-electron chi connectivity index (χ2n) is 5.90. The first-order valence-corrected chi connectivity index (χ1v) is 8.57. The van der Waals surface area contributed by atoms with Gasteiger partial charge in [0.15, 0.2) is 6.23 Å². The molecule has 2 aromatic rings. The first kappa shape index (κ1) is 16.1. The molecule has 0 spiro atoms. The van der Waals surface area contributed by atoms with Gasteiger partial charge in [-0.3, -0.25) is 4.90 Å². The number of nitrogen functional groups attached to an aromatic ring is 1. The molecule has 1 unspecified atom stereocenters. The smallest absolute Gasteiger partial charge is 0.234 e. The largest absolute Gasteiger partial charge is 0.457 e. The van der Waals surface area contributed by atoms with Crippen molar-refractivity contribution in [3.63, 3.8) is 0 Å². The second-order valence-corrected chi connectivity index (χ2v) is 6.33. The molecule has 0 bridgehead atoms. The number of likely N-dealkylation sites (tertiary alicyclic amines) is 1. The van der Waals surface area contributed by atoms with Crippen LogP contribution in [0.3, 0.4) is 0 Å². The zero-order chi connectivity index (χ0) is 16.2. The van der Waals surface area contributed by atoms with Crippen LogP contribution in [0.2, 0.25) is 5.02 Å². The highest BCUT2D eigenvalue weighted by molar-refractivity contribution is 6.30. The quantitative estimate of drug-likeness (QED) is 0.850. The summed E-state index contributed by atoms with van der Waals surface area (Å²) in [5.41, 5.74) is 1.75. The van der Waals surface area contributed by atoms with Crippen LogP contribution in [0.5, 0.6) is 5.88 Å². The highest BCUT2D eigenvalue weighted by Gasteiger charge is 2.22. The molecular weight excluding hydrogens is 312 g/mol. The fraction of sp³-hybridized carbons (Fsp3) is 0.471. The fourth-order valence-corrected chi connectivity index (χ4v) is 3.11. The van der Waals surface area contributed by atoms with Crippen LogP contribution in [-0.4, -0.2) is 34.1 Å². The number of ether oxygens (including phenoxy) is 1. The van der Waals surface area contributed by atoms with Gasteiger partial charge < -0.3 is 10.6 Å². The minimum Gasteiger partial charge on any atom is -0.457 e. The van der Waals surface area contributed by atoms with Gasteiger partial charge >= 0.3 is 0 Å². The van der Waals surface area contributed by atoms with Crippen molar-refractivity contribution >= 4 is 11.6 Å². The minimum atomic E-state index is 0.0485. The predicted octanol–water partition coefficient (Wildman–Crippen LogP) is 3.52. The van der Waals surface area contributed by atoms with Crippen molar-refractivity contribution in [2.45, 2.75) is 38.8 Å². The molecular formula is C17H23ClN4O. The summed E-state index contributed by atoms with van der Waals surface area (Å²) in [5.74, 6) is 6.57. The van der Waals surface area contributed by atoms with E-state index in [1.807, 2.05) is 30.3 Å². The first-order valence-electron chi connectivity index (χ1n) is 8.19. The van der Waals surface area contributed by atoms with Gasteiger partial charge in [-0.25, -0.2) is 0 Å². The molecule has 2 heterocycles. The van der Waals surface area contributed by atoms with Gasteiger partial charge in [0.25, 0.3) is 0 Å². The van der Waals surface area contributed by atoms with Crippen molar-refractivity contribution in [1.29, 1.82) is 0 Å². The van der Waals surface area contributed by atoms with Gasteiger partial charge in [0, 0.05) is 29.7 Å². The zero-order valence-electron chi connectivity index (χ0n) is 13.4. The summed E-state index contributed by atoms with van der Waals surface area (Å²) in [6, 6.07) is 9.42. The van der Waals surface area contributed by atoms with Gasteiger partial charge in [-0.05, 0) is 31.4 Å². The first-order chi connectivity index (χ1) is 11.2. The van der Waals surface area contributed by atoms with Crippen LogP contribution in [-0.2, 0) is 0 Å². The van der Waals surface area contributed by atoms with Gasteiger partial charge in [-0.15, -0.1) is 9.89 Å². The summed E-state index contributed by atoms with van der Waals surface area (Å²) in [7, 11) is 0. The number of nitrogens with two attached hydrogens (primary N) is 1. The molecule has 0 aliphatic carbocycles. The van der Waals surface area contributed by atoms with Gasteiger partial charge in [0.2, 0.25) is 5.88 Å². The molecule has 6 heteroatoms. The molecule has 1 saturated heterocycles. The molecule has 5 nitrogen and oxygen atoms in total. The molecule has 3 rings (SSSR count). The average molecular weight is 335 g/mol. The van der Waals surface area contributed by atoms with E-state index in [4.69, 9.17) is 22.2 Å². The summed E-state index contributed by atoms with van der Waals surface area (Å²) in [4.78, 5) is 3.70. The lowest BCUT2D eigenvalue weighted by molar-refractivity contribution is 0.00463. The van der Waals surface area contributed by atoms with Crippen molar-refractivity contribution < 1.29 is 4.74 Å². The Hall–Kier alpha value is -1.72.